The van der Waals surface area contributed by atoms with Crippen LogP contribution in [0.5, 0.6) is 0 Å². The van der Waals surface area contributed by atoms with E-state index in [0.29, 0.717) is 21.7 Å². The number of cyclic esters (lactones) is 1. The topological polar surface area (TPSA) is 101 Å². The van der Waals surface area contributed by atoms with Crippen LogP contribution in [0.4, 0.5) is 14.9 Å². The molecule has 2 unspecified atom stereocenters. The number of carbonyl (C=O) groups excluding carboxylic acids is 3. The monoisotopic (exact) mass is 530 g/mol. The van der Waals surface area contributed by atoms with Crippen LogP contribution < -0.4 is 10.6 Å². The van der Waals surface area contributed by atoms with Crippen LogP contribution in [0.1, 0.15) is 32.5 Å². The number of thiophene rings is 1. The number of aromatic nitrogens is 1. The fourth-order valence-corrected chi connectivity index (χ4v) is 4.77. The molecule has 10 heteroatoms. The Morgan fingerprint density at radius 2 is 1.71 bits per heavy atom. The van der Waals surface area contributed by atoms with Gasteiger partial charge < -0.3 is 15.4 Å². The summed E-state index contributed by atoms with van der Waals surface area (Å²) >= 11 is 1.34. The number of halogens is 1. The molecule has 1 aliphatic heterocycles. The molecular formula is C28H23FN4O4S. The molecule has 1 aliphatic rings. The van der Waals surface area contributed by atoms with Crippen molar-refractivity contribution in [3.05, 3.63) is 118 Å². The molecule has 2 aromatic heterocycles. The fraction of sp³-hybridized carbons (Fsp3) is 0.143. The van der Waals surface area contributed by atoms with Crippen LogP contribution in [-0.2, 0) is 22.6 Å². The summed E-state index contributed by atoms with van der Waals surface area (Å²) < 4.78 is 19.1. The summed E-state index contributed by atoms with van der Waals surface area (Å²) in [4.78, 5) is 44.6. The molecule has 2 N–H and O–H groups in total. The number of pyridine rings is 1. The molecule has 2 atom stereocenters. The molecule has 4 aromatic rings. The van der Waals surface area contributed by atoms with Gasteiger partial charge in [-0.05, 0) is 64.5 Å². The first-order valence-corrected chi connectivity index (χ1v) is 12.7. The highest BCUT2D eigenvalue weighted by Gasteiger charge is 2.46. The van der Waals surface area contributed by atoms with Gasteiger partial charge in [-0.2, -0.15) is 0 Å². The number of benzene rings is 2. The quantitative estimate of drug-likeness (QED) is 0.337. The van der Waals surface area contributed by atoms with E-state index < -0.39 is 30.0 Å². The number of amides is 3. The predicted molar refractivity (Wildman–Crippen MR) is 140 cm³/mol. The van der Waals surface area contributed by atoms with E-state index in [1.54, 1.807) is 73.1 Å². The van der Waals surface area contributed by atoms with Crippen molar-refractivity contribution < 1.29 is 23.5 Å². The number of rotatable bonds is 8. The molecule has 0 aliphatic carbocycles. The minimum Gasteiger partial charge on any atom is -0.438 e. The molecule has 38 heavy (non-hydrogen) atoms. The molecule has 1 fully saturated rings. The van der Waals surface area contributed by atoms with E-state index in [4.69, 9.17) is 4.74 Å². The second kappa shape index (κ2) is 11.2. The molecule has 0 bridgehead atoms. The van der Waals surface area contributed by atoms with E-state index in [9.17, 15) is 18.8 Å². The van der Waals surface area contributed by atoms with Gasteiger partial charge >= 0.3 is 6.09 Å². The first kappa shape index (κ1) is 25.1. The molecule has 192 valence electrons. The van der Waals surface area contributed by atoms with Gasteiger partial charge in [-0.15, -0.1) is 11.3 Å². The summed E-state index contributed by atoms with van der Waals surface area (Å²) in [5.74, 6) is -1.01. The maximum Gasteiger partial charge on any atom is 0.411 e. The Bertz CT molecular complexity index is 1410. The van der Waals surface area contributed by atoms with E-state index in [2.05, 4.69) is 15.6 Å². The van der Waals surface area contributed by atoms with E-state index >= 15 is 0 Å². The molecule has 0 radical (unpaired) electrons. The number of nitrogens with zero attached hydrogens (tertiary/aromatic N) is 2. The standard InChI is InChI=1S/C28H23FN4O4S/c29-21-7-3-19(4-8-21)17-33-24(27(35)31-16-18-11-13-30-14-12-18)25(37-28(33)36)20-5-9-22(10-6-20)32-26(34)23-2-1-15-38-23/h1-15,24-25H,16-17H2,(H,31,35)(H,32,34). The molecule has 0 saturated carbocycles. The Hall–Kier alpha value is -4.57. The first-order valence-electron chi connectivity index (χ1n) is 11.8. The molecule has 5 rings (SSSR count). The highest BCUT2D eigenvalue weighted by Crippen LogP contribution is 2.34. The average molecular weight is 531 g/mol. The maximum atomic E-state index is 13.4. The lowest BCUT2D eigenvalue weighted by atomic mass is 10.00. The zero-order valence-corrected chi connectivity index (χ0v) is 20.9. The normalized spacial score (nSPS) is 16.7. The third-order valence-electron chi connectivity index (χ3n) is 6.08. The summed E-state index contributed by atoms with van der Waals surface area (Å²) in [5.41, 5.74) is 2.67. The Morgan fingerprint density at radius 1 is 0.974 bits per heavy atom. The van der Waals surface area contributed by atoms with Crippen LogP contribution in [0.3, 0.4) is 0 Å². The first-order chi connectivity index (χ1) is 18.5. The van der Waals surface area contributed by atoms with Crippen LogP contribution in [0.15, 0.2) is 90.6 Å². The van der Waals surface area contributed by atoms with Gasteiger partial charge in [-0.25, -0.2) is 9.18 Å². The summed E-state index contributed by atoms with van der Waals surface area (Å²) in [7, 11) is 0. The highest BCUT2D eigenvalue weighted by atomic mass is 32.1. The fourth-order valence-electron chi connectivity index (χ4n) is 4.15. The van der Waals surface area contributed by atoms with Crippen molar-refractivity contribution in [1.82, 2.24) is 15.2 Å². The van der Waals surface area contributed by atoms with Crippen molar-refractivity contribution in [3.8, 4) is 0 Å². The van der Waals surface area contributed by atoms with Gasteiger partial charge in [0, 0.05) is 24.6 Å². The molecule has 0 spiro atoms. The summed E-state index contributed by atoms with van der Waals surface area (Å²) in [6, 6.07) is 18.7. The third kappa shape index (κ3) is 5.70. The zero-order chi connectivity index (χ0) is 26.5. The van der Waals surface area contributed by atoms with Gasteiger partial charge in [0.15, 0.2) is 12.1 Å². The van der Waals surface area contributed by atoms with Gasteiger partial charge in [-0.1, -0.05) is 30.3 Å². The minimum atomic E-state index is -0.971. The lowest BCUT2D eigenvalue weighted by Crippen LogP contribution is -2.46. The lowest BCUT2D eigenvalue weighted by Gasteiger charge is -2.24. The summed E-state index contributed by atoms with van der Waals surface area (Å²) in [6.07, 6.45) is 1.72. The van der Waals surface area contributed by atoms with Crippen molar-refractivity contribution >= 4 is 34.9 Å². The van der Waals surface area contributed by atoms with Crippen LogP contribution in [0.2, 0.25) is 0 Å². The largest absolute Gasteiger partial charge is 0.438 e. The van der Waals surface area contributed by atoms with Gasteiger partial charge in [-0.3, -0.25) is 19.5 Å². The number of nitrogens with one attached hydrogen (secondary N) is 2. The molecule has 8 nitrogen and oxygen atoms in total. The average Bonchev–Trinajstić information content (AvgIpc) is 3.59. The molecule has 3 amide bonds. The smallest absolute Gasteiger partial charge is 0.411 e. The van der Waals surface area contributed by atoms with Crippen LogP contribution in [0.25, 0.3) is 0 Å². The summed E-state index contributed by atoms with van der Waals surface area (Å²) in [5, 5.41) is 7.53. The van der Waals surface area contributed by atoms with E-state index in [0.717, 1.165) is 5.56 Å². The number of carbonyl (C=O) groups is 3. The Balaban J connectivity index is 1.37. The Morgan fingerprint density at radius 3 is 2.39 bits per heavy atom. The summed E-state index contributed by atoms with van der Waals surface area (Å²) in [6.45, 7) is 0.314. The molecule has 2 aromatic carbocycles. The number of hydrogen-bond acceptors (Lipinski definition) is 6. The Labute approximate surface area is 222 Å². The Kier molecular flexibility index (Phi) is 7.41. The number of ether oxygens (including phenoxy) is 1. The van der Waals surface area contributed by atoms with Crippen molar-refractivity contribution in [2.45, 2.75) is 25.2 Å². The van der Waals surface area contributed by atoms with Gasteiger partial charge in [0.1, 0.15) is 5.82 Å². The minimum absolute atomic E-state index is 0.0674. The molecule has 3 heterocycles. The van der Waals surface area contributed by atoms with Gasteiger partial charge in [0.2, 0.25) is 5.91 Å². The van der Waals surface area contributed by atoms with E-state index in [1.807, 2.05) is 5.38 Å². The van der Waals surface area contributed by atoms with Crippen molar-refractivity contribution in [2.75, 3.05) is 5.32 Å². The van der Waals surface area contributed by atoms with Gasteiger partial charge in [0.05, 0.1) is 11.4 Å². The zero-order valence-electron chi connectivity index (χ0n) is 20.0. The molecule has 1 saturated heterocycles. The lowest BCUT2D eigenvalue weighted by molar-refractivity contribution is -0.126. The second-order valence-corrected chi connectivity index (χ2v) is 9.58. The third-order valence-corrected chi connectivity index (χ3v) is 6.95. The maximum absolute atomic E-state index is 13.4. The SMILES string of the molecule is O=C(Nc1ccc(C2OC(=O)N(Cc3ccc(F)cc3)C2C(=O)NCc2ccncc2)cc1)c1cccs1. The van der Waals surface area contributed by atoms with E-state index in [1.165, 1.54) is 28.4 Å². The number of anilines is 1. The van der Waals surface area contributed by atoms with Crippen molar-refractivity contribution in [1.29, 1.82) is 0 Å². The van der Waals surface area contributed by atoms with Crippen LogP contribution in [-0.4, -0.2) is 33.8 Å². The number of hydrogen-bond donors (Lipinski definition) is 2. The van der Waals surface area contributed by atoms with Crippen LogP contribution >= 0.6 is 11.3 Å². The highest BCUT2D eigenvalue weighted by molar-refractivity contribution is 7.12. The molecular weight excluding hydrogens is 507 g/mol. The second-order valence-electron chi connectivity index (χ2n) is 8.63. The predicted octanol–water partition coefficient (Wildman–Crippen LogP) is 4.91. The van der Waals surface area contributed by atoms with Crippen molar-refractivity contribution in [3.63, 3.8) is 0 Å². The van der Waals surface area contributed by atoms with E-state index in [-0.39, 0.29) is 19.0 Å². The van der Waals surface area contributed by atoms with Crippen molar-refractivity contribution in [2.24, 2.45) is 0 Å². The van der Waals surface area contributed by atoms with Gasteiger partial charge in [0.25, 0.3) is 5.91 Å². The van der Waals surface area contributed by atoms with Crippen LogP contribution in [0, 0.1) is 5.82 Å².